The average molecular weight is 289 g/mol. The molecule has 1 N–H and O–H groups in total. The summed E-state index contributed by atoms with van der Waals surface area (Å²) in [4.78, 5) is 14.6. The van der Waals surface area contributed by atoms with Crippen molar-refractivity contribution >= 4 is 18.3 Å². The van der Waals surface area contributed by atoms with Gasteiger partial charge in [0.1, 0.15) is 0 Å². The fourth-order valence-corrected chi connectivity index (χ4v) is 3.49. The highest BCUT2D eigenvalue weighted by Crippen LogP contribution is 2.32. The van der Waals surface area contributed by atoms with Gasteiger partial charge in [-0.1, -0.05) is 13.3 Å². The summed E-state index contributed by atoms with van der Waals surface area (Å²) in [6.45, 7) is 4.17. The number of carbonyl (C=O) groups excluding carboxylic acids is 1. The highest BCUT2D eigenvalue weighted by Gasteiger charge is 2.31. The number of carbonyl (C=O) groups is 1. The van der Waals surface area contributed by atoms with E-state index in [0.717, 1.165) is 38.3 Å². The van der Waals surface area contributed by atoms with Crippen molar-refractivity contribution in [1.82, 2.24) is 10.2 Å². The number of likely N-dealkylation sites (N-methyl/N-ethyl adjacent to an activating group) is 1. The van der Waals surface area contributed by atoms with Crippen LogP contribution in [0.2, 0.25) is 0 Å². The van der Waals surface area contributed by atoms with E-state index < -0.39 is 0 Å². The maximum Gasteiger partial charge on any atom is 0.225 e. The van der Waals surface area contributed by atoms with E-state index in [4.69, 9.17) is 0 Å². The summed E-state index contributed by atoms with van der Waals surface area (Å²) in [5, 5.41) is 3.31. The van der Waals surface area contributed by atoms with Crippen LogP contribution in [0.4, 0.5) is 0 Å². The first-order valence-electron chi connectivity index (χ1n) is 7.70. The number of hydrogen-bond donors (Lipinski definition) is 1. The molecule has 0 radical (unpaired) electrons. The number of halogens is 1. The van der Waals surface area contributed by atoms with Gasteiger partial charge < -0.3 is 10.2 Å². The second kappa shape index (κ2) is 8.11. The summed E-state index contributed by atoms with van der Waals surface area (Å²) in [5.74, 6) is 1.63. The summed E-state index contributed by atoms with van der Waals surface area (Å²) in [6, 6.07) is 0.509. The normalized spacial score (nSPS) is 31.7. The summed E-state index contributed by atoms with van der Waals surface area (Å²) >= 11 is 0. The third-order valence-electron chi connectivity index (χ3n) is 4.91. The van der Waals surface area contributed by atoms with Crippen molar-refractivity contribution in [2.45, 2.75) is 57.9 Å². The molecule has 1 atom stereocenters. The molecule has 1 saturated heterocycles. The first kappa shape index (κ1) is 16.8. The number of hydrogen-bond acceptors (Lipinski definition) is 2. The van der Waals surface area contributed by atoms with E-state index in [1.54, 1.807) is 0 Å². The molecule has 1 heterocycles. The standard InChI is InChI=1S/C15H28N2O.ClH/c1-3-12-6-8-13(9-7-12)15(18)17-10-4-5-14(11-17)16-2;/h12-14,16H,3-11H2,1-2H3;1H. The molecule has 1 aliphatic heterocycles. The Kier molecular flexibility index (Phi) is 7.16. The van der Waals surface area contributed by atoms with Gasteiger partial charge in [0.15, 0.2) is 0 Å². The monoisotopic (exact) mass is 288 g/mol. The van der Waals surface area contributed by atoms with E-state index in [1.807, 2.05) is 7.05 Å². The van der Waals surface area contributed by atoms with Gasteiger partial charge in [0.25, 0.3) is 0 Å². The molecular weight excluding hydrogens is 260 g/mol. The van der Waals surface area contributed by atoms with Crippen molar-refractivity contribution in [3.8, 4) is 0 Å². The van der Waals surface area contributed by atoms with Crippen molar-refractivity contribution in [3.63, 3.8) is 0 Å². The zero-order chi connectivity index (χ0) is 13.0. The lowest BCUT2D eigenvalue weighted by atomic mass is 9.80. The summed E-state index contributed by atoms with van der Waals surface area (Å²) in [6.07, 6.45) is 8.42. The second-order valence-corrected chi connectivity index (χ2v) is 6.04. The van der Waals surface area contributed by atoms with Crippen LogP contribution in [-0.4, -0.2) is 37.0 Å². The van der Waals surface area contributed by atoms with E-state index >= 15 is 0 Å². The molecule has 1 unspecified atom stereocenters. The number of piperidine rings is 1. The predicted octanol–water partition coefficient (Wildman–Crippen LogP) is 2.84. The highest BCUT2D eigenvalue weighted by molar-refractivity contribution is 5.85. The molecule has 0 aromatic heterocycles. The van der Waals surface area contributed by atoms with Crippen molar-refractivity contribution in [2.24, 2.45) is 11.8 Å². The Bertz CT molecular complexity index is 277. The van der Waals surface area contributed by atoms with Crippen molar-refractivity contribution in [2.75, 3.05) is 20.1 Å². The first-order valence-corrected chi connectivity index (χ1v) is 7.70. The Labute approximate surface area is 123 Å². The molecular formula is C15H29ClN2O. The molecule has 1 amide bonds. The van der Waals surface area contributed by atoms with E-state index in [0.29, 0.717) is 17.9 Å². The lowest BCUT2D eigenvalue weighted by molar-refractivity contribution is -0.138. The Morgan fingerprint density at radius 1 is 1.21 bits per heavy atom. The molecule has 112 valence electrons. The van der Waals surface area contributed by atoms with Crippen LogP contribution in [0, 0.1) is 11.8 Å². The predicted molar refractivity (Wildman–Crippen MR) is 81.6 cm³/mol. The molecule has 19 heavy (non-hydrogen) atoms. The molecule has 2 fully saturated rings. The number of nitrogens with one attached hydrogen (secondary N) is 1. The first-order chi connectivity index (χ1) is 8.74. The van der Waals surface area contributed by atoms with Gasteiger partial charge in [0.05, 0.1) is 0 Å². The smallest absolute Gasteiger partial charge is 0.225 e. The molecule has 0 aromatic rings. The molecule has 1 saturated carbocycles. The maximum atomic E-state index is 12.5. The topological polar surface area (TPSA) is 32.3 Å². The van der Waals surface area contributed by atoms with Crippen LogP contribution in [-0.2, 0) is 4.79 Å². The second-order valence-electron chi connectivity index (χ2n) is 6.04. The summed E-state index contributed by atoms with van der Waals surface area (Å²) in [7, 11) is 2.01. The minimum Gasteiger partial charge on any atom is -0.341 e. The van der Waals surface area contributed by atoms with Crippen LogP contribution >= 0.6 is 12.4 Å². The molecule has 3 nitrogen and oxygen atoms in total. The average Bonchev–Trinajstić information content (AvgIpc) is 2.46. The molecule has 2 rings (SSSR count). The minimum absolute atomic E-state index is 0. The molecule has 0 spiro atoms. The van der Waals surface area contributed by atoms with Crippen LogP contribution in [0.3, 0.4) is 0 Å². The van der Waals surface area contributed by atoms with Gasteiger partial charge in [-0.15, -0.1) is 12.4 Å². The Balaban J connectivity index is 0.00000180. The highest BCUT2D eigenvalue weighted by atomic mass is 35.5. The zero-order valence-electron chi connectivity index (χ0n) is 12.4. The number of nitrogens with zero attached hydrogens (tertiary/aromatic N) is 1. The van der Waals surface area contributed by atoms with Crippen molar-refractivity contribution < 1.29 is 4.79 Å². The summed E-state index contributed by atoms with van der Waals surface area (Å²) < 4.78 is 0. The van der Waals surface area contributed by atoms with Crippen molar-refractivity contribution in [3.05, 3.63) is 0 Å². The van der Waals surface area contributed by atoms with E-state index in [9.17, 15) is 4.79 Å². The SMILES string of the molecule is CCC1CCC(C(=O)N2CCCC(NC)C2)CC1.Cl. The third kappa shape index (κ3) is 4.35. The van der Waals surface area contributed by atoms with E-state index in [1.165, 1.54) is 25.7 Å². The molecule has 4 heteroatoms. The fourth-order valence-electron chi connectivity index (χ4n) is 3.49. The van der Waals surface area contributed by atoms with Crippen molar-refractivity contribution in [1.29, 1.82) is 0 Å². The molecule has 1 aliphatic carbocycles. The Morgan fingerprint density at radius 2 is 1.89 bits per heavy atom. The van der Waals surface area contributed by atoms with Crippen LogP contribution in [0.15, 0.2) is 0 Å². The van der Waals surface area contributed by atoms with Crippen LogP contribution in [0.5, 0.6) is 0 Å². The van der Waals surface area contributed by atoms with Gasteiger partial charge in [-0.2, -0.15) is 0 Å². The largest absolute Gasteiger partial charge is 0.341 e. The zero-order valence-corrected chi connectivity index (χ0v) is 13.2. The quantitative estimate of drug-likeness (QED) is 0.866. The fraction of sp³-hybridized carbons (Fsp3) is 0.933. The van der Waals surface area contributed by atoms with Gasteiger partial charge >= 0.3 is 0 Å². The van der Waals surface area contributed by atoms with Gasteiger partial charge in [0, 0.05) is 25.0 Å². The summed E-state index contributed by atoms with van der Waals surface area (Å²) in [5.41, 5.74) is 0. The van der Waals surface area contributed by atoms with Crippen LogP contribution in [0.1, 0.15) is 51.9 Å². The van der Waals surface area contributed by atoms with E-state index in [-0.39, 0.29) is 12.4 Å². The molecule has 0 bridgehead atoms. The van der Waals surface area contributed by atoms with Crippen LogP contribution in [0.25, 0.3) is 0 Å². The van der Waals surface area contributed by atoms with Gasteiger partial charge in [-0.3, -0.25) is 4.79 Å². The third-order valence-corrected chi connectivity index (χ3v) is 4.91. The van der Waals surface area contributed by atoms with Gasteiger partial charge in [-0.05, 0) is 51.5 Å². The van der Waals surface area contributed by atoms with Crippen LogP contribution < -0.4 is 5.32 Å². The Hall–Kier alpha value is -0.280. The minimum atomic E-state index is 0. The maximum absolute atomic E-state index is 12.5. The van der Waals surface area contributed by atoms with Gasteiger partial charge in [-0.25, -0.2) is 0 Å². The number of amides is 1. The lowest BCUT2D eigenvalue weighted by Crippen LogP contribution is -2.49. The molecule has 2 aliphatic rings. The molecule has 0 aromatic carbocycles. The number of rotatable bonds is 3. The van der Waals surface area contributed by atoms with Gasteiger partial charge in [0.2, 0.25) is 5.91 Å². The Morgan fingerprint density at radius 3 is 2.47 bits per heavy atom. The number of likely N-dealkylation sites (tertiary alicyclic amines) is 1. The lowest BCUT2D eigenvalue weighted by Gasteiger charge is -2.36. The van der Waals surface area contributed by atoms with E-state index in [2.05, 4.69) is 17.1 Å².